The summed E-state index contributed by atoms with van der Waals surface area (Å²) in [5.41, 5.74) is 3.03. The zero-order valence-electron chi connectivity index (χ0n) is 8.16. The number of hydrogen-bond acceptors (Lipinski definition) is 1. The number of aromatic nitrogens is 2. The summed E-state index contributed by atoms with van der Waals surface area (Å²) in [6.45, 7) is 3.99. The Morgan fingerprint density at radius 2 is 1.93 bits per heavy atom. The maximum Gasteiger partial charge on any atom is 0.0834 e. The molecule has 0 atom stereocenters. The Kier molecular flexibility index (Phi) is 2.30. The molecule has 1 aromatic carbocycles. The first-order chi connectivity index (χ1) is 6.68. The molecule has 0 aliphatic heterocycles. The van der Waals surface area contributed by atoms with Crippen molar-refractivity contribution in [3.8, 4) is 5.69 Å². The molecule has 0 radical (unpaired) electrons. The maximum atomic E-state index is 6.08. The Hall–Kier alpha value is -1.28. The van der Waals surface area contributed by atoms with Crippen LogP contribution in [0.3, 0.4) is 0 Å². The van der Waals surface area contributed by atoms with Gasteiger partial charge < -0.3 is 0 Å². The molecule has 0 N–H and O–H groups in total. The summed E-state index contributed by atoms with van der Waals surface area (Å²) in [6.07, 6.45) is 0. The van der Waals surface area contributed by atoms with E-state index >= 15 is 0 Å². The SMILES string of the molecule is Cc1cc(C)n(-c2ccccc2Cl)n1. The number of hydrogen-bond donors (Lipinski definition) is 0. The predicted octanol–water partition coefficient (Wildman–Crippen LogP) is 3.14. The van der Waals surface area contributed by atoms with Gasteiger partial charge in [-0.05, 0) is 32.0 Å². The van der Waals surface area contributed by atoms with Gasteiger partial charge in [0.1, 0.15) is 0 Å². The van der Waals surface area contributed by atoms with Crippen molar-refractivity contribution in [2.45, 2.75) is 13.8 Å². The van der Waals surface area contributed by atoms with Gasteiger partial charge in [-0.3, -0.25) is 0 Å². The molecule has 2 rings (SSSR count). The highest BCUT2D eigenvalue weighted by atomic mass is 35.5. The number of aryl methyl sites for hydroxylation is 2. The molecule has 0 unspecified atom stereocenters. The molecule has 14 heavy (non-hydrogen) atoms. The van der Waals surface area contributed by atoms with E-state index in [1.54, 1.807) is 0 Å². The summed E-state index contributed by atoms with van der Waals surface area (Å²) in [6, 6.07) is 9.73. The quantitative estimate of drug-likeness (QED) is 0.701. The van der Waals surface area contributed by atoms with Crippen LogP contribution in [0.15, 0.2) is 30.3 Å². The average Bonchev–Trinajstić information content (AvgIpc) is 2.46. The second-order valence-electron chi connectivity index (χ2n) is 3.29. The number of nitrogens with zero attached hydrogens (tertiary/aromatic N) is 2. The molecule has 0 saturated heterocycles. The van der Waals surface area contributed by atoms with E-state index in [2.05, 4.69) is 5.10 Å². The first-order valence-corrected chi connectivity index (χ1v) is 4.84. The van der Waals surface area contributed by atoms with E-state index in [4.69, 9.17) is 11.6 Å². The highest BCUT2D eigenvalue weighted by Crippen LogP contribution is 2.20. The Labute approximate surface area is 88.1 Å². The van der Waals surface area contributed by atoms with Gasteiger partial charge >= 0.3 is 0 Å². The number of rotatable bonds is 1. The van der Waals surface area contributed by atoms with E-state index in [0.29, 0.717) is 0 Å². The largest absolute Gasteiger partial charge is 0.236 e. The summed E-state index contributed by atoms with van der Waals surface area (Å²) in [5.74, 6) is 0. The van der Waals surface area contributed by atoms with Gasteiger partial charge in [0.05, 0.1) is 16.4 Å². The second kappa shape index (κ2) is 3.46. The summed E-state index contributed by atoms with van der Waals surface area (Å²) < 4.78 is 1.86. The third-order valence-electron chi connectivity index (χ3n) is 2.09. The van der Waals surface area contributed by atoms with Gasteiger partial charge in [-0.25, -0.2) is 4.68 Å². The minimum atomic E-state index is 0.721. The van der Waals surface area contributed by atoms with Crippen LogP contribution in [0.4, 0.5) is 0 Å². The van der Waals surface area contributed by atoms with Crippen LogP contribution in [0.25, 0.3) is 5.69 Å². The fourth-order valence-electron chi connectivity index (χ4n) is 1.50. The Balaban J connectivity index is 2.60. The lowest BCUT2D eigenvalue weighted by molar-refractivity contribution is 0.834. The highest BCUT2D eigenvalue weighted by molar-refractivity contribution is 6.32. The second-order valence-corrected chi connectivity index (χ2v) is 3.70. The van der Waals surface area contributed by atoms with Crippen LogP contribution in [0.1, 0.15) is 11.4 Å². The van der Waals surface area contributed by atoms with Crippen LogP contribution in [-0.2, 0) is 0 Å². The smallest absolute Gasteiger partial charge is 0.0834 e. The van der Waals surface area contributed by atoms with Crippen molar-refractivity contribution >= 4 is 11.6 Å². The third-order valence-corrected chi connectivity index (χ3v) is 2.41. The van der Waals surface area contributed by atoms with Crippen LogP contribution < -0.4 is 0 Å². The zero-order valence-corrected chi connectivity index (χ0v) is 8.92. The van der Waals surface area contributed by atoms with E-state index in [0.717, 1.165) is 22.1 Å². The minimum absolute atomic E-state index is 0.721. The predicted molar refractivity (Wildman–Crippen MR) is 58.0 cm³/mol. The molecule has 0 aliphatic carbocycles. The average molecular weight is 207 g/mol. The molecule has 0 aliphatic rings. The summed E-state index contributed by atoms with van der Waals surface area (Å²) >= 11 is 6.08. The Morgan fingerprint density at radius 3 is 2.50 bits per heavy atom. The van der Waals surface area contributed by atoms with Crippen molar-refractivity contribution in [1.82, 2.24) is 9.78 Å². The molecule has 2 nitrogen and oxygen atoms in total. The molecular formula is C11H11ClN2. The van der Waals surface area contributed by atoms with Gasteiger partial charge in [0.25, 0.3) is 0 Å². The molecule has 0 saturated carbocycles. The van der Waals surface area contributed by atoms with Crippen molar-refractivity contribution in [1.29, 1.82) is 0 Å². The van der Waals surface area contributed by atoms with Crippen LogP contribution in [0.2, 0.25) is 5.02 Å². The fraction of sp³-hybridized carbons (Fsp3) is 0.182. The molecule has 72 valence electrons. The molecule has 0 spiro atoms. The Bertz CT molecular complexity index is 460. The van der Waals surface area contributed by atoms with Gasteiger partial charge in [-0.1, -0.05) is 23.7 Å². The Morgan fingerprint density at radius 1 is 1.21 bits per heavy atom. The standard InChI is InChI=1S/C11H11ClN2/c1-8-7-9(2)14(13-8)11-6-4-3-5-10(11)12/h3-7H,1-2H3. The van der Waals surface area contributed by atoms with Gasteiger partial charge in [0.2, 0.25) is 0 Å². The van der Waals surface area contributed by atoms with Crippen molar-refractivity contribution < 1.29 is 0 Å². The number of benzene rings is 1. The van der Waals surface area contributed by atoms with E-state index in [1.165, 1.54) is 0 Å². The summed E-state index contributed by atoms with van der Waals surface area (Å²) in [4.78, 5) is 0. The van der Waals surface area contributed by atoms with E-state index in [9.17, 15) is 0 Å². The molecule has 0 amide bonds. The van der Waals surface area contributed by atoms with Gasteiger partial charge in [-0.15, -0.1) is 0 Å². The van der Waals surface area contributed by atoms with Gasteiger partial charge in [0.15, 0.2) is 0 Å². The van der Waals surface area contributed by atoms with Crippen molar-refractivity contribution in [2.24, 2.45) is 0 Å². The summed E-state index contributed by atoms with van der Waals surface area (Å²) in [5, 5.41) is 5.09. The molecule has 1 heterocycles. The van der Waals surface area contributed by atoms with Crippen LogP contribution >= 0.6 is 11.6 Å². The van der Waals surface area contributed by atoms with Gasteiger partial charge in [-0.2, -0.15) is 5.10 Å². The monoisotopic (exact) mass is 206 g/mol. The molecule has 2 aromatic rings. The molecular weight excluding hydrogens is 196 g/mol. The van der Waals surface area contributed by atoms with E-state index in [1.807, 2.05) is 48.9 Å². The highest BCUT2D eigenvalue weighted by Gasteiger charge is 2.05. The number of para-hydroxylation sites is 1. The lowest BCUT2D eigenvalue weighted by Gasteiger charge is -2.05. The zero-order chi connectivity index (χ0) is 10.1. The normalized spacial score (nSPS) is 10.5. The molecule has 0 fully saturated rings. The van der Waals surface area contributed by atoms with Crippen LogP contribution in [-0.4, -0.2) is 9.78 Å². The van der Waals surface area contributed by atoms with Gasteiger partial charge in [0, 0.05) is 5.69 Å². The maximum absolute atomic E-state index is 6.08. The first kappa shape index (κ1) is 9.28. The van der Waals surface area contributed by atoms with Crippen molar-refractivity contribution in [3.05, 3.63) is 46.7 Å². The van der Waals surface area contributed by atoms with E-state index < -0.39 is 0 Å². The fourth-order valence-corrected chi connectivity index (χ4v) is 1.71. The van der Waals surface area contributed by atoms with E-state index in [-0.39, 0.29) is 0 Å². The molecule has 1 aromatic heterocycles. The lowest BCUT2D eigenvalue weighted by atomic mass is 10.3. The number of halogens is 1. The topological polar surface area (TPSA) is 17.8 Å². The molecule has 0 bridgehead atoms. The van der Waals surface area contributed by atoms with Crippen LogP contribution in [0, 0.1) is 13.8 Å². The lowest BCUT2D eigenvalue weighted by Crippen LogP contribution is -1.99. The summed E-state index contributed by atoms with van der Waals surface area (Å²) in [7, 11) is 0. The first-order valence-electron chi connectivity index (χ1n) is 4.46. The van der Waals surface area contributed by atoms with Crippen molar-refractivity contribution in [3.63, 3.8) is 0 Å². The van der Waals surface area contributed by atoms with Crippen LogP contribution in [0.5, 0.6) is 0 Å². The molecule has 3 heteroatoms. The van der Waals surface area contributed by atoms with Crippen molar-refractivity contribution in [2.75, 3.05) is 0 Å². The third kappa shape index (κ3) is 1.53. The minimum Gasteiger partial charge on any atom is -0.236 e.